The second kappa shape index (κ2) is 11.4. The Morgan fingerprint density at radius 1 is 0.722 bits per heavy atom. The predicted molar refractivity (Wildman–Crippen MR) is 139 cm³/mol. The lowest BCUT2D eigenvalue weighted by Crippen LogP contribution is -2.50. The van der Waals surface area contributed by atoms with Crippen molar-refractivity contribution in [2.75, 3.05) is 47.5 Å². The summed E-state index contributed by atoms with van der Waals surface area (Å²) in [6.07, 6.45) is 3.43. The lowest BCUT2D eigenvalue weighted by atomic mass is 10.0. The van der Waals surface area contributed by atoms with Crippen LogP contribution in [0.5, 0.6) is 17.2 Å². The first-order valence-electron chi connectivity index (χ1n) is 11.8. The Morgan fingerprint density at radius 2 is 1.33 bits per heavy atom. The van der Waals surface area contributed by atoms with Gasteiger partial charge in [-0.15, -0.1) is 0 Å². The van der Waals surface area contributed by atoms with Gasteiger partial charge in [0.15, 0.2) is 11.5 Å². The SMILES string of the molecule is COc1cc(C(=O)N2CCN(C(=O)C=Cc3cccc(-c4ccccc4)c3)CC2)cc(OC)c1OC. The van der Waals surface area contributed by atoms with Crippen molar-refractivity contribution in [3.8, 4) is 28.4 Å². The van der Waals surface area contributed by atoms with Crippen LogP contribution in [0.4, 0.5) is 0 Å². The Bertz CT molecular complexity index is 1220. The lowest BCUT2D eigenvalue weighted by molar-refractivity contribution is -0.127. The van der Waals surface area contributed by atoms with Crippen molar-refractivity contribution in [3.05, 3.63) is 83.9 Å². The second-order valence-corrected chi connectivity index (χ2v) is 8.36. The number of piperazine rings is 1. The van der Waals surface area contributed by atoms with E-state index in [2.05, 4.69) is 24.3 Å². The number of carbonyl (C=O) groups excluding carboxylic acids is 2. The summed E-state index contributed by atoms with van der Waals surface area (Å²) in [6.45, 7) is 1.81. The molecule has 0 atom stereocenters. The zero-order chi connectivity index (χ0) is 25.5. The normalized spacial score (nSPS) is 13.5. The Kier molecular flexibility index (Phi) is 7.90. The maximum absolute atomic E-state index is 13.1. The van der Waals surface area contributed by atoms with E-state index in [1.807, 2.05) is 36.4 Å². The summed E-state index contributed by atoms with van der Waals surface area (Å²) < 4.78 is 16.1. The Hall–Kier alpha value is -4.26. The van der Waals surface area contributed by atoms with Gasteiger partial charge in [-0.05, 0) is 41.0 Å². The van der Waals surface area contributed by atoms with Crippen molar-refractivity contribution in [2.45, 2.75) is 0 Å². The monoisotopic (exact) mass is 486 g/mol. The van der Waals surface area contributed by atoms with Crippen LogP contribution in [0.3, 0.4) is 0 Å². The standard InChI is InChI=1S/C29H30N2O5/c1-34-25-19-24(20-26(35-2)28(25)36-3)29(33)31-16-14-30(15-17-31)27(32)13-12-21-8-7-11-23(18-21)22-9-5-4-6-10-22/h4-13,18-20H,14-17H2,1-3H3. The van der Waals surface area contributed by atoms with E-state index in [4.69, 9.17) is 14.2 Å². The molecule has 0 radical (unpaired) electrons. The highest BCUT2D eigenvalue weighted by atomic mass is 16.5. The van der Waals surface area contributed by atoms with Crippen LogP contribution < -0.4 is 14.2 Å². The van der Waals surface area contributed by atoms with Gasteiger partial charge in [-0.1, -0.05) is 48.5 Å². The third-order valence-electron chi connectivity index (χ3n) is 6.20. The number of nitrogens with zero attached hydrogens (tertiary/aromatic N) is 2. The van der Waals surface area contributed by atoms with Crippen LogP contribution in [-0.4, -0.2) is 69.1 Å². The summed E-state index contributed by atoms with van der Waals surface area (Å²) in [5.74, 6) is 1.08. The highest BCUT2D eigenvalue weighted by Gasteiger charge is 2.26. The fraction of sp³-hybridized carbons (Fsp3) is 0.241. The first kappa shape index (κ1) is 24.9. The molecule has 3 aromatic carbocycles. The quantitative estimate of drug-likeness (QED) is 0.464. The number of carbonyl (C=O) groups is 2. The van der Waals surface area contributed by atoms with Crippen LogP contribution in [0.2, 0.25) is 0 Å². The summed E-state index contributed by atoms with van der Waals surface area (Å²) in [4.78, 5) is 29.4. The molecule has 0 saturated carbocycles. The van der Waals surface area contributed by atoms with Crippen LogP contribution in [-0.2, 0) is 4.79 Å². The number of methoxy groups -OCH3 is 3. The molecule has 0 unspecified atom stereocenters. The third-order valence-corrected chi connectivity index (χ3v) is 6.20. The minimum absolute atomic E-state index is 0.0694. The smallest absolute Gasteiger partial charge is 0.254 e. The average molecular weight is 487 g/mol. The van der Waals surface area contributed by atoms with Crippen LogP contribution in [0, 0.1) is 0 Å². The van der Waals surface area contributed by atoms with Crippen LogP contribution in [0.15, 0.2) is 72.8 Å². The fourth-order valence-corrected chi connectivity index (χ4v) is 4.24. The molecule has 4 rings (SSSR count). The Labute approximate surface area is 211 Å². The van der Waals surface area contributed by atoms with Gasteiger partial charge in [0.05, 0.1) is 21.3 Å². The maximum atomic E-state index is 13.1. The van der Waals surface area contributed by atoms with E-state index in [0.717, 1.165) is 16.7 Å². The third kappa shape index (κ3) is 5.51. The molecule has 0 bridgehead atoms. The maximum Gasteiger partial charge on any atom is 0.254 e. The molecule has 1 heterocycles. The molecule has 0 aromatic heterocycles. The zero-order valence-corrected chi connectivity index (χ0v) is 20.8. The summed E-state index contributed by atoms with van der Waals surface area (Å²) in [7, 11) is 4.55. The number of benzene rings is 3. The molecule has 7 heteroatoms. The van der Waals surface area contributed by atoms with Crippen molar-refractivity contribution in [2.24, 2.45) is 0 Å². The number of ether oxygens (including phenoxy) is 3. The van der Waals surface area contributed by atoms with Crippen molar-refractivity contribution >= 4 is 17.9 Å². The van der Waals surface area contributed by atoms with Gasteiger partial charge in [-0.25, -0.2) is 0 Å². The van der Waals surface area contributed by atoms with E-state index in [9.17, 15) is 9.59 Å². The minimum atomic E-state index is -0.144. The molecule has 1 aliphatic rings. The number of hydrogen-bond donors (Lipinski definition) is 0. The van der Waals surface area contributed by atoms with E-state index < -0.39 is 0 Å². The molecule has 1 fully saturated rings. The Morgan fingerprint density at radius 3 is 1.94 bits per heavy atom. The number of amides is 2. The van der Waals surface area contributed by atoms with Gasteiger partial charge >= 0.3 is 0 Å². The van der Waals surface area contributed by atoms with E-state index in [0.29, 0.717) is 49.0 Å². The van der Waals surface area contributed by atoms with E-state index in [1.165, 1.54) is 21.3 Å². The molecule has 0 N–H and O–H groups in total. The largest absolute Gasteiger partial charge is 0.493 e. The van der Waals surface area contributed by atoms with Crippen LogP contribution in [0.25, 0.3) is 17.2 Å². The van der Waals surface area contributed by atoms with Gasteiger partial charge in [0.2, 0.25) is 11.7 Å². The molecule has 3 aromatic rings. The Balaban J connectivity index is 1.38. The van der Waals surface area contributed by atoms with Crippen LogP contribution >= 0.6 is 0 Å². The molecule has 0 spiro atoms. The van der Waals surface area contributed by atoms with Gasteiger partial charge in [-0.3, -0.25) is 9.59 Å². The van der Waals surface area contributed by atoms with Crippen molar-refractivity contribution in [3.63, 3.8) is 0 Å². The average Bonchev–Trinajstić information content (AvgIpc) is 2.95. The minimum Gasteiger partial charge on any atom is -0.493 e. The highest BCUT2D eigenvalue weighted by molar-refractivity contribution is 5.96. The zero-order valence-electron chi connectivity index (χ0n) is 20.8. The van der Waals surface area contributed by atoms with Gasteiger partial charge in [0.25, 0.3) is 5.91 Å². The van der Waals surface area contributed by atoms with Crippen molar-refractivity contribution in [1.82, 2.24) is 9.80 Å². The lowest BCUT2D eigenvalue weighted by Gasteiger charge is -2.34. The van der Waals surface area contributed by atoms with Crippen molar-refractivity contribution in [1.29, 1.82) is 0 Å². The topological polar surface area (TPSA) is 68.3 Å². The van der Waals surface area contributed by atoms with E-state index in [1.54, 1.807) is 28.0 Å². The first-order chi connectivity index (χ1) is 17.5. The van der Waals surface area contributed by atoms with Gasteiger partial charge < -0.3 is 24.0 Å². The molecule has 1 saturated heterocycles. The number of hydrogen-bond acceptors (Lipinski definition) is 5. The van der Waals surface area contributed by atoms with Crippen LogP contribution in [0.1, 0.15) is 15.9 Å². The van der Waals surface area contributed by atoms with Gasteiger partial charge in [0, 0.05) is 37.8 Å². The first-order valence-corrected chi connectivity index (χ1v) is 11.8. The molecule has 36 heavy (non-hydrogen) atoms. The summed E-state index contributed by atoms with van der Waals surface area (Å²) in [5, 5.41) is 0. The predicted octanol–water partition coefficient (Wildman–Crippen LogP) is 4.38. The molecule has 7 nitrogen and oxygen atoms in total. The summed E-state index contributed by atoms with van der Waals surface area (Å²) in [6, 6.07) is 21.5. The molecule has 2 amide bonds. The van der Waals surface area contributed by atoms with Gasteiger partial charge in [-0.2, -0.15) is 0 Å². The molecule has 0 aliphatic carbocycles. The molecular weight excluding hydrogens is 456 g/mol. The molecular formula is C29H30N2O5. The number of rotatable bonds is 7. The molecule has 186 valence electrons. The second-order valence-electron chi connectivity index (χ2n) is 8.36. The highest BCUT2D eigenvalue weighted by Crippen LogP contribution is 2.38. The fourth-order valence-electron chi connectivity index (χ4n) is 4.24. The summed E-state index contributed by atoms with van der Waals surface area (Å²) >= 11 is 0. The van der Waals surface area contributed by atoms with E-state index >= 15 is 0 Å². The van der Waals surface area contributed by atoms with Crippen molar-refractivity contribution < 1.29 is 23.8 Å². The van der Waals surface area contributed by atoms with Gasteiger partial charge in [0.1, 0.15) is 0 Å². The summed E-state index contributed by atoms with van der Waals surface area (Å²) in [5.41, 5.74) is 3.64. The molecule has 1 aliphatic heterocycles. The van der Waals surface area contributed by atoms with E-state index in [-0.39, 0.29) is 11.8 Å².